The van der Waals surface area contributed by atoms with E-state index in [0.717, 1.165) is 33.0 Å². The lowest BCUT2D eigenvalue weighted by Gasteiger charge is -2.36. The molecule has 4 heteroatoms. The van der Waals surface area contributed by atoms with Gasteiger partial charge in [0, 0.05) is 22.0 Å². The Morgan fingerprint density at radius 1 is 0.438 bits per heavy atom. The fourth-order valence-electron chi connectivity index (χ4n) is 7.39. The molecule has 0 bridgehead atoms. The fraction of sp³-hybridized carbons (Fsp3) is 0. The number of nitriles is 2. The number of fused-ring (bicyclic) bond motifs is 3. The van der Waals surface area contributed by atoms with Crippen LogP contribution in [0.25, 0.3) is 38.6 Å². The first kappa shape index (κ1) is 29.0. The molecule has 8 rings (SSSR count). The molecule has 0 atom stereocenters. The Labute approximate surface area is 280 Å². The van der Waals surface area contributed by atoms with Crippen molar-refractivity contribution in [2.24, 2.45) is 0 Å². The lowest BCUT2D eigenvalue weighted by Crippen LogP contribution is -2.75. The Morgan fingerprint density at radius 2 is 0.938 bits per heavy atom. The molecule has 0 radical (unpaired) electrons. The molecule has 8 aromatic rings. The van der Waals surface area contributed by atoms with Gasteiger partial charge in [-0.1, -0.05) is 133 Å². The van der Waals surface area contributed by atoms with E-state index in [-0.39, 0.29) is 0 Å². The van der Waals surface area contributed by atoms with Gasteiger partial charge in [-0.05, 0) is 68.8 Å². The third-order valence-electron chi connectivity index (χ3n) is 9.43. The number of para-hydroxylation sites is 2. The molecule has 0 aliphatic rings. The number of rotatable bonds is 6. The summed E-state index contributed by atoms with van der Waals surface area (Å²) < 4.78 is 2.28. The lowest BCUT2D eigenvalue weighted by molar-refractivity contribution is 1.18. The van der Waals surface area contributed by atoms with E-state index in [2.05, 4.69) is 168 Å². The summed E-state index contributed by atoms with van der Waals surface area (Å²) in [5.74, 6) is 0. The van der Waals surface area contributed by atoms with E-state index in [1.807, 2.05) is 24.3 Å². The van der Waals surface area contributed by atoms with Crippen LogP contribution in [-0.2, 0) is 0 Å². The largest absolute Gasteiger partial charge is 0.309 e. The van der Waals surface area contributed by atoms with E-state index in [1.54, 1.807) is 0 Å². The molecule has 0 fully saturated rings. The van der Waals surface area contributed by atoms with Crippen LogP contribution < -0.4 is 20.7 Å². The van der Waals surface area contributed by atoms with Crippen molar-refractivity contribution in [3.8, 4) is 29.0 Å². The van der Waals surface area contributed by atoms with Crippen LogP contribution >= 0.6 is 0 Å². The monoisotopic (exact) mass is 627 g/mol. The van der Waals surface area contributed by atoms with Gasteiger partial charge in [-0.2, -0.15) is 10.5 Å². The van der Waals surface area contributed by atoms with Crippen LogP contribution in [0.2, 0.25) is 0 Å². The van der Waals surface area contributed by atoms with Gasteiger partial charge < -0.3 is 4.57 Å². The summed E-state index contributed by atoms with van der Waals surface area (Å²) in [6, 6.07) is 66.1. The van der Waals surface area contributed by atoms with Crippen LogP contribution in [0.5, 0.6) is 0 Å². The molecule has 0 aliphatic heterocycles. The summed E-state index contributed by atoms with van der Waals surface area (Å²) in [5.41, 5.74) is 5.98. The predicted molar refractivity (Wildman–Crippen MR) is 199 cm³/mol. The van der Waals surface area contributed by atoms with Gasteiger partial charge in [0.1, 0.15) is 0 Å². The first-order valence-electron chi connectivity index (χ1n) is 16.0. The van der Waals surface area contributed by atoms with Crippen LogP contribution in [0, 0.1) is 22.7 Å². The van der Waals surface area contributed by atoms with Crippen molar-refractivity contribution in [2.45, 2.75) is 0 Å². The summed E-state index contributed by atoms with van der Waals surface area (Å²) in [4.78, 5) is 0. The van der Waals surface area contributed by atoms with Gasteiger partial charge in [0.05, 0.1) is 34.3 Å². The highest BCUT2D eigenvalue weighted by Gasteiger charge is 2.43. The van der Waals surface area contributed by atoms with Gasteiger partial charge in [0.2, 0.25) is 0 Å². The smallest absolute Gasteiger partial charge is 0.180 e. The van der Waals surface area contributed by atoms with Crippen molar-refractivity contribution in [2.75, 3.05) is 0 Å². The topological polar surface area (TPSA) is 52.5 Å². The molecule has 7 aromatic carbocycles. The lowest BCUT2D eigenvalue weighted by atomic mass is 9.97. The fourth-order valence-corrected chi connectivity index (χ4v) is 12.3. The number of nitrogens with zero attached hydrogens (tertiary/aromatic N) is 3. The second-order valence-corrected chi connectivity index (χ2v) is 15.7. The average molecular weight is 628 g/mol. The maximum absolute atomic E-state index is 10.6. The van der Waals surface area contributed by atoms with Crippen LogP contribution in [0.15, 0.2) is 176 Å². The van der Waals surface area contributed by atoms with E-state index >= 15 is 0 Å². The summed E-state index contributed by atoms with van der Waals surface area (Å²) in [5, 5.41) is 28.0. The van der Waals surface area contributed by atoms with Crippen molar-refractivity contribution in [3.63, 3.8) is 0 Å². The number of hydrogen-bond acceptors (Lipinski definition) is 2. The number of hydrogen-bond donors (Lipinski definition) is 0. The van der Waals surface area contributed by atoms with Crippen molar-refractivity contribution in [3.05, 3.63) is 187 Å². The molecule has 0 saturated heterocycles. The van der Waals surface area contributed by atoms with Crippen molar-refractivity contribution >= 4 is 50.6 Å². The Morgan fingerprint density at radius 3 is 1.44 bits per heavy atom. The molecule has 0 amide bonds. The van der Waals surface area contributed by atoms with Crippen LogP contribution in [0.4, 0.5) is 0 Å². The van der Waals surface area contributed by atoms with E-state index in [0.29, 0.717) is 11.1 Å². The molecule has 48 heavy (non-hydrogen) atoms. The second-order valence-electron chi connectivity index (χ2n) is 11.9. The zero-order valence-corrected chi connectivity index (χ0v) is 27.1. The molecule has 3 nitrogen and oxygen atoms in total. The molecule has 1 aromatic heterocycles. The summed E-state index contributed by atoms with van der Waals surface area (Å²) in [6.07, 6.45) is 0. The van der Waals surface area contributed by atoms with E-state index in [4.69, 9.17) is 0 Å². The van der Waals surface area contributed by atoms with E-state index in [9.17, 15) is 10.5 Å². The SMILES string of the molecule is N#Cc1ccc([Si](c2ccccc2)(c2ccccc2)c2ccccc2)c(-c2cc(-n3c4ccccc4c4ccccc43)ccc2C#N)c1. The standard InChI is InChI=1S/C44H29N3Si/c45-30-32-24-27-44(48(35-14-4-1-5-15-35,36-16-6-2-7-17-36)37-18-8-3-9-19-37)41(28-32)40-29-34(26-25-33(40)31-46)47-42-22-12-10-20-38(42)39-21-11-13-23-43(39)47/h1-29H. The van der Waals surface area contributed by atoms with Crippen LogP contribution in [0.1, 0.15) is 11.1 Å². The third-order valence-corrected chi connectivity index (χ3v) is 14.3. The van der Waals surface area contributed by atoms with Gasteiger partial charge in [0.25, 0.3) is 0 Å². The minimum absolute atomic E-state index is 0.553. The van der Waals surface area contributed by atoms with Gasteiger partial charge in [-0.15, -0.1) is 0 Å². The molecular weight excluding hydrogens is 599 g/mol. The van der Waals surface area contributed by atoms with Gasteiger partial charge in [-0.25, -0.2) is 0 Å². The Bertz CT molecular complexity index is 2370. The molecule has 0 unspecified atom stereocenters. The van der Waals surface area contributed by atoms with Crippen molar-refractivity contribution in [1.82, 2.24) is 4.57 Å². The predicted octanol–water partition coefficient (Wildman–Crippen LogP) is 7.57. The molecule has 0 aliphatic carbocycles. The normalized spacial score (nSPS) is 11.3. The van der Waals surface area contributed by atoms with Gasteiger partial charge in [-0.3, -0.25) is 0 Å². The van der Waals surface area contributed by atoms with Crippen molar-refractivity contribution < 1.29 is 0 Å². The highest BCUT2D eigenvalue weighted by Crippen LogP contribution is 2.34. The van der Waals surface area contributed by atoms with Crippen LogP contribution in [0.3, 0.4) is 0 Å². The molecular formula is C44H29N3Si. The first-order chi connectivity index (χ1) is 23.7. The number of benzene rings is 7. The zero-order chi connectivity index (χ0) is 32.5. The van der Waals surface area contributed by atoms with Gasteiger partial charge in [0.15, 0.2) is 8.07 Å². The Hall–Kier alpha value is -6.46. The molecule has 0 N–H and O–H groups in total. The average Bonchev–Trinajstić information content (AvgIpc) is 3.51. The highest BCUT2D eigenvalue weighted by molar-refractivity contribution is 7.20. The quantitative estimate of drug-likeness (QED) is 0.141. The van der Waals surface area contributed by atoms with E-state index < -0.39 is 8.07 Å². The van der Waals surface area contributed by atoms with Crippen molar-refractivity contribution in [1.29, 1.82) is 10.5 Å². The molecule has 224 valence electrons. The zero-order valence-electron chi connectivity index (χ0n) is 26.1. The second kappa shape index (κ2) is 12.0. The number of aromatic nitrogens is 1. The summed E-state index contributed by atoms with van der Waals surface area (Å²) in [7, 11) is -3.00. The Kier molecular flexibility index (Phi) is 7.27. The maximum atomic E-state index is 10.6. The third kappa shape index (κ3) is 4.55. The minimum atomic E-state index is -3.00. The van der Waals surface area contributed by atoms with Crippen LogP contribution in [-0.4, -0.2) is 12.6 Å². The maximum Gasteiger partial charge on any atom is 0.180 e. The molecule has 1 heterocycles. The summed E-state index contributed by atoms with van der Waals surface area (Å²) in [6.45, 7) is 0. The highest BCUT2D eigenvalue weighted by atomic mass is 28.3. The van der Waals surface area contributed by atoms with Gasteiger partial charge >= 0.3 is 0 Å². The minimum Gasteiger partial charge on any atom is -0.309 e. The molecule has 0 spiro atoms. The summed E-state index contributed by atoms with van der Waals surface area (Å²) >= 11 is 0. The molecule has 0 saturated carbocycles. The van der Waals surface area contributed by atoms with E-state index in [1.165, 1.54) is 26.3 Å². The Balaban J connectivity index is 1.50. The first-order valence-corrected chi connectivity index (χ1v) is 18.0.